The maximum absolute atomic E-state index is 12.5. The predicted molar refractivity (Wildman–Crippen MR) is 73.1 cm³/mol. The van der Waals surface area contributed by atoms with Gasteiger partial charge in [0.2, 0.25) is 10.0 Å². The van der Waals surface area contributed by atoms with E-state index in [4.69, 9.17) is 4.74 Å². The zero-order chi connectivity index (χ0) is 13.9. The largest absolute Gasteiger partial charge is 0.375 e. The van der Waals surface area contributed by atoms with E-state index in [-0.39, 0.29) is 12.1 Å². The molecule has 108 valence electrons. The molecular weight excluding hydrogens is 252 g/mol. The lowest BCUT2D eigenvalue weighted by Crippen LogP contribution is -2.53. The van der Waals surface area contributed by atoms with Gasteiger partial charge in [0.15, 0.2) is 0 Å². The van der Waals surface area contributed by atoms with E-state index in [2.05, 4.69) is 5.32 Å². The summed E-state index contributed by atoms with van der Waals surface area (Å²) in [6.45, 7) is 11.0. The highest BCUT2D eigenvalue weighted by atomic mass is 32.2. The van der Waals surface area contributed by atoms with Gasteiger partial charge in [-0.25, -0.2) is 8.42 Å². The summed E-state index contributed by atoms with van der Waals surface area (Å²) < 4.78 is 32.0. The molecule has 1 aliphatic heterocycles. The van der Waals surface area contributed by atoms with Gasteiger partial charge in [-0.1, -0.05) is 13.8 Å². The van der Waals surface area contributed by atoms with Gasteiger partial charge in [0.25, 0.3) is 0 Å². The average Bonchev–Trinajstić information content (AvgIpc) is 2.28. The van der Waals surface area contributed by atoms with Gasteiger partial charge in [0.1, 0.15) is 0 Å². The Morgan fingerprint density at radius 1 is 1.33 bits per heavy atom. The van der Waals surface area contributed by atoms with Crippen LogP contribution in [0.3, 0.4) is 0 Å². The van der Waals surface area contributed by atoms with Crippen molar-refractivity contribution < 1.29 is 13.2 Å². The van der Waals surface area contributed by atoms with E-state index in [1.54, 1.807) is 11.2 Å². The molecule has 0 bridgehead atoms. The Kier molecular flexibility index (Phi) is 5.58. The quantitative estimate of drug-likeness (QED) is 0.808. The van der Waals surface area contributed by atoms with Gasteiger partial charge in [0, 0.05) is 25.2 Å². The number of rotatable bonds is 5. The van der Waals surface area contributed by atoms with Crippen LogP contribution in [0, 0.1) is 0 Å². The van der Waals surface area contributed by atoms with Gasteiger partial charge in [-0.3, -0.25) is 0 Å². The van der Waals surface area contributed by atoms with Gasteiger partial charge in [-0.15, -0.1) is 0 Å². The SMILES string of the molecule is CC(C)NCC(C)S(=O)(=O)N1CC(C)OCC1C. The normalized spacial score (nSPS) is 28.6. The molecule has 1 saturated heterocycles. The van der Waals surface area contributed by atoms with Gasteiger partial charge in [-0.2, -0.15) is 4.31 Å². The molecule has 6 heteroatoms. The third-order valence-corrected chi connectivity index (χ3v) is 5.55. The number of nitrogens with zero attached hydrogens (tertiary/aromatic N) is 1. The van der Waals surface area contributed by atoms with Gasteiger partial charge >= 0.3 is 0 Å². The molecule has 0 aliphatic carbocycles. The smallest absolute Gasteiger partial charge is 0.218 e. The van der Waals surface area contributed by atoms with E-state index < -0.39 is 15.3 Å². The van der Waals surface area contributed by atoms with Crippen LogP contribution >= 0.6 is 0 Å². The zero-order valence-electron chi connectivity index (χ0n) is 12.0. The van der Waals surface area contributed by atoms with E-state index in [1.807, 2.05) is 27.7 Å². The molecule has 1 fully saturated rings. The van der Waals surface area contributed by atoms with Crippen LogP contribution in [-0.4, -0.2) is 55.9 Å². The van der Waals surface area contributed by atoms with Gasteiger partial charge in [-0.05, 0) is 20.8 Å². The van der Waals surface area contributed by atoms with Crippen molar-refractivity contribution in [3.63, 3.8) is 0 Å². The molecule has 0 spiro atoms. The van der Waals surface area contributed by atoms with E-state index in [0.29, 0.717) is 25.7 Å². The summed E-state index contributed by atoms with van der Waals surface area (Å²) in [5.41, 5.74) is 0. The van der Waals surface area contributed by atoms with Crippen molar-refractivity contribution in [1.29, 1.82) is 0 Å². The molecule has 3 unspecified atom stereocenters. The molecule has 1 aliphatic rings. The zero-order valence-corrected chi connectivity index (χ0v) is 12.8. The Morgan fingerprint density at radius 3 is 2.50 bits per heavy atom. The lowest BCUT2D eigenvalue weighted by Gasteiger charge is -2.37. The first-order valence-electron chi connectivity index (χ1n) is 6.60. The van der Waals surface area contributed by atoms with Crippen LogP contribution in [0.25, 0.3) is 0 Å². The van der Waals surface area contributed by atoms with Crippen molar-refractivity contribution in [3.05, 3.63) is 0 Å². The summed E-state index contributed by atoms with van der Waals surface area (Å²) in [4.78, 5) is 0. The van der Waals surface area contributed by atoms with Gasteiger partial charge in [0.05, 0.1) is 18.0 Å². The number of hydrogen-bond donors (Lipinski definition) is 1. The highest BCUT2D eigenvalue weighted by Crippen LogP contribution is 2.19. The molecule has 0 radical (unpaired) electrons. The molecule has 0 amide bonds. The minimum Gasteiger partial charge on any atom is -0.375 e. The number of ether oxygens (including phenoxy) is 1. The maximum Gasteiger partial charge on any atom is 0.218 e. The van der Waals surface area contributed by atoms with E-state index >= 15 is 0 Å². The first-order chi connectivity index (χ1) is 8.25. The van der Waals surface area contributed by atoms with Crippen LogP contribution in [0.5, 0.6) is 0 Å². The molecule has 5 nitrogen and oxygen atoms in total. The Labute approximate surface area is 111 Å². The molecule has 0 saturated carbocycles. The molecule has 0 aromatic rings. The van der Waals surface area contributed by atoms with Crippen LogP contribution in [0.2, 0.25) is 0 Å². The fourth-order valence-corrected chi connectivity index (χ4v) is 3.71. The van der Waals surface area contributed by atoms with Crippen molar-refractivity contribution in [2.45, 2.75) is 58.1 Å². The third-order valence-electron chi connectivity index (χ3n) is 3.20. The monoisotopic (exact) mass is 278 g/mol. The maximum atomic E-state index is 12.5. The van der Waals surface area contributed by atoms with Crippen molar-refractivity contribution >= 4 is 10.0 Å². The highest BCUT2D eigenvalue weighted by molar-refractivity contribution is 7.89. The summed E-state index contributed by atoms with van der Waals surface area (Å²) >= 11 is 0. The van der Waals surface area contributed by atoms with Crippen LogP contribution < -0.4 is 5.32 Å². The molecule has 3 atom stereocenters. The second-order valence-electron chi connectivity index (χ2n) is 5.48. The minimum atomic E-state index is -3.25. The molecule has 1 heterocycles. The fourth-order valence-electron chi connectivity index (χ4n) is 1.97. The summed E-state index contributed by atoms with van der Waals surface area (Å²) in [7, 11) is -3.25. The molecule has 0 aromatic heterocycles. The number of hydrogen-bond acceptors (Lipinski definition) is 4. The van der Waals surface area contributed by atoms with Crippen molar-refractivity contribution in [2.24, 2.45) is 0 Å². The number of nitrogens with one attached hydrogen (secondary N) is 1. The number of sulfonamides is 1. The molecule has 1 N–H and O–H groups in total. The lowest BCUT2D eigenvalue weighted by molar-refractivity contribution is -0.0173. The van der Waals surface area contributed by atoms with Crippen LogP contribution in [0.1, 0.15) is 34.6 Å². The minimum absolute atomic E-state index is 0.0266. The topological polar surface area (TPSA) is 58.6 Å². The van der Waals surface area contributed by atoms with Gasteiger partial charge < -0.3 is 10.1 Å². The second kappa shape index (κ2) is 6.32. The van der Waals surface area contributed by atoms with E-state index in [1.165, 1.54) is 0 Å². The van der Waals surface area contributed by atoms with E-state index in [9.17, 15) is 8.42 Å². The van der Waals surface area contributed by atoms with Crippen LogP contribution in [0.15, 0.2) is 0 Å². The first-order valence-corrected chi connectivity index (χ1v) is 8.11. The van der Waals surface area contributed by atoms with Crippen molar-refractivity contribution in [3.8, 4) is 0 Å². The average molecular weight is 278 g/mol. The fraction of sp³-hybridized carbons (Fsp3) is 1.00. The Bertz CT molecular complexity index is 356. The van der Waals surface area contributed by atoms with Crippen molar-refractivity contribution in [1.82, 2.24) is 9.62 Å². The molecule has 18 heavy (non-hydrogen) atoms. The summed E-state index contributed by atoms with van der Waals surface area (Å²) in [5, 5.41) is 2.77. The summed E-state index contributed by atoms with van der Waals surface area (Å²) in [5.74, 6) is 0. The standard InChI is InChI=1S/C12H26N2O3S/c1-9(2)13-6-12(5)18(15,16)14-7-11(4)17-8-10(14)3/h9-13H,6-8H2,1-5H3. The third kappa shape index (κ3) is 3.91. The Hall–Kier alpha value is -0.170. The van der Waals surface area contributed by atoms with Crippen LogP contribution in [0.4, 0.5) is 0 Å². The Balaban J connectivity index is 2.71. The molecule has 1 rings (SSSR count). The summed E-state index contributed by atoms with van der Waals surface area (Å²) in [6.07, 6.45) is -0.0266. The highest BCUT2D eigenvalue weighted by Gasteiger charge is 2.36. The number of morpholine rings is 1. The molecule has 0 aromatic carbocycles. The molecular formula is C12H26N2O3S. The second-order valence-corrected chi connectivity index (χ2v) is 7.78. The predicted octanol–water partition coefficient (Wildman–Crippen LogP) is 0.812. The van der Waals surface area contributed by atoms with Crippen LogP contribution in [-0.2, 0) is 14.8 Å². The first kappa shape index (κ1) is 15.9. The van der Waals surface area contributed by atoms with E-state index in [0.717, 1.165) is 0 Å². The summed E-state index contributed by atoms with van der Waals surface area (Å²) in [6, 6.07) is 0.219. The lowest BCUT2D eigenvalue weighted by atomic mass is 10.2. The van der Waals surface area contributed by atoms with Crippen molar-refractivity contribution in [2.75, 3.05) is 19.7 Å². The Morgan fingerprint density at radius 2 is 1.94 bits per heavy atom.